The van der Waals surface area contributed by atoms with Crippen LogP contribution in [-0.2, 0) is 0 Å². The molecule has 0 saturated carbocycles. The van der Waals surface area contributed by atoms with E-state index in [1.54, 1.807) is 19.3 Å². The van der Waals surface area contributed by atoms with Crippen LogP contribution in [0.4, 0.5) is 29.6 Å². The molecule has 1 aliphatic heterocycles. The van der Waals surface area contributed by atoms with Crippen LogP contribution in [0.1, 0.15) is 24.1 Å². The Morgan fingerprint density at radius 1 is 1.18 bits per heavy atom. The quantitative estimate of drug-likeness (QED) is 0.565. The van der Waals surface area contributed by atoms with Crippen LogP contribution in [0.25, 0.3) is 22.2 Å². The van der Waals surface area contributed by atoms with Gasteiger partial charge < -0.3 is 15.5 Å². The van der Waals surface area contributed by atoms with Crippen LogP contribution in [0, 0.1) is 19.8 Å². The topological polar surface area (TPSA) is 83.0 Å². The molecule has 0 radical (unpaired) electrons. The van der Waals surface area contributed by atoms with Gasteiger partial charge in [0, 0.05) is 55.1 Å². The van der Waals surface area contributed by atoms with E-state index < -0.39 is 24.5 Å². The number of anilines is 2. The second kappa shape index (κ2) is 8.84. The second-order valence-corrected chi connectivity index (χ2v) is 8.36. The van der Waals surface area contributed by atoms with Crippen molar-refractivity contribution in [2.24, 2.45) is 5.92 Å². The molecular formula is C23H25F3N6O. The van der Waals surface area contributed by atoms with Crippen molar-refractivity contribution in [2.45, 2.75) is 32.9 Å². The molecule has 2 aromatic heterocycles. The fraction of sp³-hybridized carbons (Fsp3) is 0.391. The van der Waals surface area contributed by atoms with Gasteiger partial charge in [0.25, 0.3) is 0 Å². The van der Waals surface area contributed by atoms with Crippen LogP contribution in [0.15, 0.2) is 30.5 Å². The number of hydrogen-bond donors (Lipinski definition) is 2. The third kappa shape index (κ3) is 5.15. The number of alkyl halides is 3. The number of urea groups is 1. The number of nitrogens with zero attached hydrogens (tertiary/aromatic N) is 4. The molecule has 1 saturated heterocycles. The van der Waals surface area contributed by atoms with E-state index in [2.05, 4.69) is 25.6 Å². The molecule has 3 aromatic rings. The molecule has 0 unspecified atom stereocenters. The first-order chi connectivity index (χ1) is 15.6. The Balaban J connectivity index is 1.55. The summed E-state index contributed by atoms with van der Waals surface area (Å²) in [6.45, 7) is 4.28. The lowest BCUT2D eigenvalue weighted by molar-refractivity contribution is -0.143. The summed E-state index contributed by atoms with van der Waals surface area (Å²) in [7, 11) is 1.74. The summed E-state index contributed by atoms with van der Waals surface area (Å²) in [5.74, 6) is -0.0660. The molecule has 0 aliphatic carbocycles. The summed E-state index contributed by atoms with van der Waals surface area (Å²) in [6, 6.07) is 7.11. The fourth-order valence-corrected chi connectivity index (χ4v) is 4.15. The Hall–Kier alpha value is -3.43. The molecule has 0 spiro atoms. The predicted molar refractivity (Wildman–Crippen MR) is 121 cm³/mol. The van der Waals surface area contributed by atoms with Gasteiger partial charge >= 0.3 is 12.2 Å². The molecule has 1 fully saturated rings. The minimum atomic E-state index is -4.21. The number of halogens is 3. The van der Waals surface area contributed by atoms with Gasteiger partial charge in [-0.15, -0.1) is 0 Å². The zero-order valence-electron chi connectivity index (χ0n) is 18.6. The second-order valence-electron chi connectivity index (χ2n) is 8.36. The Labute approximate surface area is 189 Å². The summed E-state index contributed by atoms with van der Waals surface area (Å²) in [4.78, 5) is 27.3. The molecule has 174 valence electrons. The number of fused-ring (bicyclic) bond motifs is 1. The highest BCUT2D eigenvalue weighted by Crippen LogP contribution is 2.32. The molecule has 0 bridgehead atoms. The summed E-state index contributed by atoms with van der Waals surface area (Å²) in [5, 5.41) is 6.51. The average molecular weight is 458 g/mol. The zero-order chi connectivity index (χ0) is 23.8. The Bertz CT molecular complexity index is 1200. The average Bonchev–Trinajstić information content (AvgIpc) is 3.21. The third-order valence-electron chi connectivity index (χ3n) is 5.85. The lowest BCUT2D eigenvalue weighted by atomic mass is 9.98. The summed E-state index contributed by atoms with van der Waals surface area (Å²) >= 11 is 0. The molecule has 1 atom stereocenters. The zero-order valence-corrected chi connectivity index (χ0v) is 18.6. The molecule has 10 heteroatoms. The smallest absolute Gasteiger partial charge is 0.357 e. The molecule has 2 N–H and O–H groups in total. The normalized spacial score (nSPS) is 16.3. The van der Waals surface area contributed by atoms with E-state index >= 15 is 0 Å². The van der Waals surface area contributed by atoms with E-state index in [4.69, 9.17) is 0 Å². The van der Waals surface area contributed by atoms with Gasteiger partial charge in [0.05, 0.1) is 0 Å². The summed E-state index contributed by atoms with van der Waals surface area (Å²) < 4.78 is 38.0. The maximum Gasteiger partial charge on any atom is 0.389 e. The van der Waals surface area contributed by atoms with Gasteiger partial charge in [-0.25, -0.2) is 14.8 Å². The first-order valence-corrected chi connectivity index (χ1v) is 10.7. The Kier molecular flexibility index (Phi) is 6.09. The van der Waals surface area contributed by atoms with Crippen molar-refractivity contribution in [1.29, 1.82) is 0 Å². The molecule has 3 heterocycles. The molecule has 1 aromatic carbocycles. The van der Waals surface area contributed by atoms with Gasteiger partial charge in [0.1, 0.15) is 0 Å². The molecule has 33 heavy (non-hydrogen) atoms. The van der Waals surface area contributed by atoms with E-state index in [0.717, 1.165) is 27.8 Å². The highest BCUT2D eigenvalue weighted by molar-refractivity contribution is 5.91. The van der Waals surface area contributed by atoms with Gasteiger partial charge in [-0.05, 0) is 55.5 Å². The number of carbonyl (C=O) groups excluding carboxylic acids is 1. The van der Waals surface area contributed by atoms with E-state index in [-0.39, 0.29) is 6.54 Å². The van der Waals surface area contributed by atoms with E-state index in [9.17, 15) is 18.0 Å². The first kappa shape index (κ1) is 22.8. The number of pyridine rings is 1. The van der Waals surface area contributed by atoms with E-state index in [0.29, 0.717) is 30.2 Å². The number of nitrogens with one attached hydrogen (secondary N) is 2. The lowest BCUT2D eigenvalue weighted by Crippen LogP contribution is -2.33. The number of carbonyl (C=O) groups is 1. The van der Waals surface area contributed by atoms with Crippen LogP contribution in [0.5, 0.6) is 0 Å². The number of aromatic nitrogens is 3. The number of likely N-dealkylation sites (tertiary alicyclic amines) is 1. The van der Waals surface area contributed by atoms with Crippen molar-refractivity contribution in [2.75, 3.05) is 30.8 Å². The Morgan fingerprint density at radius 2 is 1.97 bits per heavy atom. The standard InChI is InChI=1S/C23H25F3N6O/c1-13-4-5-17(30-22(33)32-7-6-15(12-32)10-23(24,25)26)9-18(13)19-8-16-11-28-21(27-3)31-20(16)29-14(19)2/h4-5,8-9,11,15H,6-7,10,12H2,1-3H3,(H,30,33)(H,27,28,29,31)/t15-/m0/s1. The largest absolute Gasteiger partial charge is 0.389 e. The third-order valence-corrected chi connectivity index (χ3v) is 5.85. The maximum atomic E-state index is 12.7. The number of aryl methyl sites for hydroxylation is 2. The van der Waals surface area contributed by atoms with Crippen molar-refractivity contribution in [3.8, 4) is 11.1 Å². The SMILES string of the molecule is CNc1ncc2cc(-c3cc(NC(=O)N4CC[C@@H](CC(F)(F)F)C4)ccc3C)c(C)nc2n1. The first-order valence-electron chi connectivity index (χ1n) is 10.7. The minimum Gasteiger partial charge on any atom is -0.357 e. The van der Waals surface area contributed by atoms with Gasteiger partial charge in [-0.3, -0.25) is 0 Å². The molecular weight excluding hydrogens is 433 g/mol. The number of rotatable bonds is 4. The van der Waals surface area contributed by atoms with Gasteiger partial charge in [-0.2, -0.15) is 18.2 Å². The van der Waals surface area contributed by atoms with Crippen LogP contribution in [-0.4, -0.2) is 52.2 Å². The van der Waals surface area contributed by atoms with E-state index in [1.165, 1.54) is 4.90 Å². The fourth-order valence-electron chi connectivity index (χ4n) is 4.15. The van der Waals surface area contributed by atoms with Crippen LogP contribution < -0.4 is 10.6 Å². The number of amides is 2. The van der Waals surface area contributed by atoms with Gasteiger partial charge in [0.15, 0.2) is 5.65 Å². The van der Waals surface area contributed by atoms with Crippen LogP contribution in [0.3, 0.4) is 0 Å². The monoisotopic (exact) mass is 458 g/mol. The lowest BCUT2D eigenvalue weighted by Gasteiger charge is -2.19. The molecule has 4 rings (SSSR count). The summed E-state index contributed by atoms with van der Waals surface area (Å²) in [6.07, 6.45) is -3.02. The number of benzene rings is 1. The number of hydrogen-bond acceptors (Lipinski definition) is 5. The predicted octanol–water partition coefficient (Wildman–Crippen LogP) is 5.16. The van der Waals surface area contributed by atoms with Crippen LogP contribution in [0.2, 0.25) is 0 Å². The molecule has 1 aliphatic rings. The molecule has 2 amide bonds. The molecule has 7 nitrogen and oxygen atoms in total. The van der Waals surface area contributed by atoms with Gasteiger partial charge in [-0.1, -0.05) is 6.07 Å². The van der Waals surface area contributed by atoms with Crippen molar-refractivity contribution in [1.82, 2.24) is 19.9 Å². The van der Waals surface area contributed by atoms with Crippen molar-refractivity contribution >= 4 is 28.7 Å². The van der Waals surface area contributed by atoms with Crippen molar-refractivity contribution < 1.29 is 18.0 Å². The Morgan fingerprint density at radius 3 is 2.70 bits per heavy atom. The van der Waals surface area contributed by atoms with Crippen molar-refractivity contribution in [3.63, 3.8) is 0 Å². The van der Waals surface area contributed by atoms with Crippen LogP contribution >= 0.6 is 0 Å². The highest BCUT2D eigenvalue weighted by Gasteiger charge is 2.36. The maximum absolute atomic E-state index is 12.7. The summed E-state index contributed by atoms with van der Waals surface area (Å²) in [5.41, 5.74) is 4.72. The van der Waals surface area contributed by atoms with E-state index in [1.807, 2.05) is 32.0 Å². The minimum absolute atomic E-state index is 0.104. The van der Waals surface area contributed by atoms with Gasteiger partial charge in [0.2, 0.25) is 5.95 Å². The van der Waals surface area contributed by atoms with Crippen molar-refractivity contribution in [3.05, 3.63) is 41.7 Å². The highest BCUT2D eigenvalue weighted by atomic mass is 19.4.